The summed E-state index contributed by atoms with van der Waals surface area (Å²) < 4.78 is 5.72. The normalized spacial score (nSPS) is 21.3. The van der Waals surface area contributed by atoms with Gasteiger partial charge < -0.3 is 9.42 Å². The fraction of sp³-hybridized carbons (Fsp3) is 0.529. The van der Waals surface area contributed by atoms with Crippen LogP contribution in [0.2, 0.25) is 0 Å². The van der Waals surface area contributed by atoms with Crippen LogP contribution in [0.3, 0.4) is 0 Å². The van der Waals surface area contributed by atoms with Gasteiger partial charge in [0.1, 0.15) is 0 Å². The van der Waals surface area contributed by atoms with E-state index in [0.717, 1.165) is 37.6 Å². The number of likely N-dealkylation sites (tertiary alicyclic amines) is 1. The van der Waals surface area contributed by atoms with Gasteiger partial charge in [0, 0.05) is 5.92 Å². The van der Waals surface area contributed by atoms with Crippen molar-refractivity contribution in [1.82, 2.24) is 15.0 Å². The van der Waals surface area contributed by atoms with Crippen molar-refractivity contribution in [3.05, 3.63) is 47.6 Å². The second-order valence-electron chi connectivity index (χ2n) is 6.48. The number of piperidine rings is 1. The van der Waals surface area contributed by atoms with Gasteiger partial charge in [0.05, 0.1) is 5.41 Å². The minimum Gasteiger partial charge on any atom is -0.338 e. The molecule has 1 aliphatic carbocycles. The first-order valence-corrected chi connectivity index (χ1v) is 7.86. The van der Waals surface area contributed by atoms with Gasteiger partial charge in [-0.05, 0) is 51.4 Å². The van der Waals surface area contributed by atoms with E-state index in [1.165, 1.54) is 18.4 Å². The minimum absolute atomic E-state index is 0. The van der Waals surface area contributed by atoms with Gasteiger partial charge in [-0.3, -0.25) is 0 Å². The summed E-state index contributed by atoms with van der Waals surface area (Å²) in [5, 5.41) is 4.24. The number of hydrogen-bond donors (Lipinski definition) is 0. The van der Waals surface area contributed by atoms with Crippen LogP contribution < -0.4 is 0 Å². The van der Waals surface area contributed by atoms with E-state index in [-0.39, 0.29) is 17.8 Å². The zero-order valence-corrected chi connectivity index (χ0v) is 13.7. The largest absolute Gasteiger partial charge is 0.338 e. The van der Waals surface area contributed by atoms with Gasteiger partial charge in [-0.1, -0.05) is 35.5 Å². The number of nitrogens with zero attached hydrogens (tertiary/aromatic N) is 3. The highest BCUT2D eigenvalue weighted by molar-refractivity contribution is 5.85. The molecule has 0 amide bonds. The molecule has 0 bridgehead atoms. The number of benzene rings is 1. The Morgan fingerprint density at radius 1 is 1.14 bits per heavy atom. The molecule has 22 heavy (non-hydrogen) atoms. The number of hydrogen-bond acceptors (Lipinski definition) is 4. The van der Waals surface area contributed by atoms with Crippen LogP contribution in [-0.4, -0.2) is 35.2 Å². The van der Waals surface area contributed by atoms with Gasteiger partial charge in [-0.25, -0.2) is 0 Å². The highest BCUT2D eigenvalue weighted by atomic mass is 35.5. The fourth-order valence-electron chi connectivity index (χ4n) is 3.32. The predicted octanol–water partition coefficient (Wildman–Crippen LogP) is 3.38. The van der Waals surface area contributed by atoms with Crippen LogP contribution >= 0.6 is 12.4 Å². The van der Waals surface area contributed by atoms with Crippen LogP contribution in [0.15, 0.2) is 34.9 Å². The van der Waals surface area contributed by atoms with E-state index in [0.29, 0.717) is 5.92 Å². The lowest BCUT2D eigenvalue weighted by Gasteiger charge is -2.38. The van der Waals surface area contributed by atoms with Crippen molar-refractivity contribution in [3.8, 4) is 0 Å². The molecule has 0 unspecified atom stereocenters. The molecule has 2 fully saturated rings. The molecule has 2 aromatic rings. The van der Waals surface area contributed by atoms with E-state index in [4.69, 9.17) is 9.51 Å². The van der Waals surface area contributed by atoms with Gasteiger partial charge in [0.2, 0.25) is 5.89 Å². The lowest BCUT2D eigenvalue weighted by Crippen LogP contribution is -2.41. The fourth-order valence-corrected chi connectivity index (χ4v) is 3.32. The maximum atomic E-state index is 5.72. The Balaban J connectivity index is 0.00000144. The van der Waals surface area contributed by atoms with E-state index < -0.39 is 0 Å². The smallest absolute Gasteiger partial charge is 0.237 e. The average Bonchev–Trinajstić information content (AvgIpc) is 3.27. The van der Waals surface area contributed by atoms with E-state index in [9.17, 15) is 0 Å². The number of aromatic nitrogens is 2. The first-order valence-electron chi connectivity index (χ1n) is 7.86. The first kappa shape index (κ1) is 15.5. The monoisotopic (exact) mass is 319 g/mol. The number of halogens is 1. The van der Waals surface area contributed by atoms with Gasteiger partial charge >= 0.3 is 0 Å². The molecule has 0 spiro atoms. The summed E-state index contributed by atoms with van der Waals surface area (Å²) in [7, 11) is 2.18. The van der Waals surface area contributed by atoms with Crippen molar-refractivity contribution in [2.75, 3.05) is 20.1 Å². The summed E-state index contributed by atoms with van der Waals surface area (Å²) in [6, 6.07) is 10.7. The third-order valence-electron chi connectivity index (χ3n) is 4.96. The van der Waals surface area contributed by atoms with E-state index >= 15 is 0 Å². The highest BCUT2D eigenvalue weighted by Crippen LogP contribution is 2.43. The summed E-state index contributed by atoms with van der Waals surface area (Å²) in [6.45, 7) is 2.13. The van der Waals surface area contributed by atoms with E-state index in [1.54, 1.807) is 0 Å². The van der Waals surface area contributed by atoms with Crippen molar-refractivity contribution in [2.24, 2.45) is 0 Å². The minimum atomic E-state index is -0.103. The summed E-state index contributed by atoms with van der Waals surface area (Å²) in [4.78, 5) is 7.15. The Labute approximate surface area is 137 Å². The molecular formula is C17H22ClN3O. The number of rotatable bonds is 3. The van der Waals surface area contributed by atoms with Crippen LogP contribution in [0.5, 0.6) is 0 Å². The maximum Gasteiger partial charge on any atom is 0.237 e. The van der Waals surface area contributed by atoms with Gasteiger partial charge in [0.25, 0.3) is 0 Å². The molecule has 4 rings (SSSR count). The summed E-state index contributed by atoms with van der Waals surface area (Å²) in [5.74, 6) is 2.28. The second kappa shape index (κ2) is 6.01. The third kappa shape index (κ3) is 2.66. The first-order chi connectivity index (χ1) is 10.3. The molecule has 1 saturated carbocycles. The lowest BCUT2D eigenvalue weighted by molar-refractivity contribution is 0.179. The van der Waals surface area contributed by atoms with E-state index in [2.05, 4.69) is 47.4 Å². The zero-order chi connectivity index (χ0) is 14.3. The Bertz CT molecular complexity index is 616. The molecule has 1 aromatic heterocycles. The van der Waals surface area contributed by atoms with Gasteiger partial charge in [-0.15, -0.1) is 12.4 Å². The lowest BCUT2D eigenvalue weighted by atomic mass is 9.72. The van der Waals surface area contributed by atoms with Gasteiger partial charge in [-0.2, -0.15) is 4.98 Å². The Morgan fingerprint density at radius 2 is 1.82 bits per heavy atom. The molecule has 5 heteroatoms. The molecule has 1 aliphatic heterocycles. The average molecular weight is 320 g/mol. The molecule has 1 saturated heterocycles. The third-order valence-corrected chi connectivity index (χ3v) is 4.96. The Kier molecular flexibility index (Phi) is 4.24. The molecule has 118 valence electrons. The highest BCUT2D eigenvalue weighted by Gasteiger charge is 2.43. The second-order valence-corrected chi connectivity index (χ2v) is 6.48. The van der Waals surface area contributed by atoms with Gasteiger partial charge in [0.15, 0.2) is 5.82 Å². The summed E-state index contributed by atoms with van der Waals surface area (Å²) in [5.41, 5.74) is 1.21. The van der Waals surface area contributed by atoms with Crippen molar-refractivity contribution in [3.63, 3.8) is 0 Å². The summed E-state index contributed by atoms with van der Waals surface area (Å²) in [6.07, 6.45) is 4.50. The molecule has 0 radical (unpaired) electrons. The van der Waals surface area contributed by atoms with Crippen LogP contribution in [0.1, 0.15) is 48.9 Å². The van der Waals surface area contributed by atoms with Crippen LogP contribution in [0.4, 0.5) is 0 Å². The standard InChI is InChI=1S/C17H21N3O.ClH/c1-20-11-9-17(10-12-20,14-5-3-2-4-6-14)16-18-15(19-21-16)13-7-8-13;/h2-6,13H,7-12H2,1H3;1H. The molecule has 2 heterocycles. The van der Waals surface area contributed by atoms with E-state index in [1.807, 2.05) is 0 Å². The predicted molar refractivity (Wildman–Crippen MR) is 87.5 cm³/mol. The quantitative estimate of drug-likeness (QED) is 0.869. The Morgan fingerprint density at radius 3 is 2.45 bits per heavy atom. The van der Waals surface area contributed by atoms with Crippen molar-refractivity contribution < 1.29 is 4.52 Å². The van der Waals surface area contributed by atoms with Crippen molar-refractivity contribution >= 4 is 12.4 Å². The molecular weight excluding hydrogens is 298 g/mol. The maximum absolute atomic E-state index is 5.72. The van der Waals surface area contributed by atoms with Crippen molar-refractivity contribution in [1.29, 1.82) is 0 Å². The van der Waals surface area contributed by atoms with Crippen LogP contribution in [0.25, 0.3) is 0 Å². The molecule has 0 atom stereocenters. The zero-order valence-electron chi connectivity index (χ0n) is 12.9. The topological polar surface area (TPSA) is 42.2 Å². The molecule has 1 aromatic carbocycles. The molecule has 0 N–H and O–H groups in total. The summed E-state index contributed by atoms with van der Waals surface area (Å²) >= 11 is 0. The van der Waals surface area contributed by atoms with Crippen LogP contribution in [0, 0.1) is 0 Å². The Hall–Kier alpha value is -1.39. The molecule has 2 aliphatic rings. The molecule has 4 nitrogen and oxygen atoms in total. The SMILES string of the molecule is CN1CCC(c2ccccc2)(c2nc(C3CC3)no2)CC1.Cl. The van der Waals surface area contributed by atoms with Crippen LogP contribution in [-0.2, 0) is 5.41 Å². The van der Waals surface area contributed by atoms with Crippen molar-refractivity contribution in [2.45, 2.75) is 37.0 Å².